The predicted molar refractivity (Wildman–Crippen MR) is 111 cm³/mol. The van der Waals surface area contributed by atoms with E-state index >= 15 is 0 Å². The van der Waals surface area contributed by atoms with Crippen LogP contribution in [-0.4, -0.2) is 15.9 Å². The van der Waals surface area contributed by atoms with Gasteiger partial charge in [0.15, 0.2) is 0 Å². The summed E-state index contributed by atoms with van der Waals surface area (Å²) in [4.78, 5) is 22.4. The van der Waals surface area contributed by atoms with E-state index in [9.17, 15) is 4.79 Å². The third-order valence-corrected chi connectivity index (χ3v) is 5.63. The molecule has 0 saturated carbocycles. The Kier molecular flexibility index (Phi) is 4.88. The van der Waals surface area contributed by atoms with E-state index in [-0.39, 0.29) is 12.3 Å². The standard InChI is InChI=1S/C21H16ClN3OS/c1-13-8-9-15(20-25-17-7-4-10-23-21(17)27-20)11-18(13)24-19(26)12-14-5-2-3-6-16(14)22/h2-11H,12H2,1H3,(H,24,26). The molecule has 0 unspecified atom stereocenters. The number of anilines is 1. The van der Waals surface area contributed by atoms with Crippen molar-refractivity contribution in [2.24, 2.45) is 0 Å². The monoisotopic (exact) mass is 393 g/mol. The van der Waals surface area contributed by atoms with Crippen molar-refractivity contribution in [3.05, 3.63) is 76.9 Å². The number of thiazole rings is 1. The Labute approximate surface area is 165 Å². The summed E-state index contributed by atoms with van der Waals surface area (Å²) in [5.41, 5.74) is 4.41. The average Bonchev–Trinajstić information content (AvgIpc) is 3.09. The molecule has 0 aliphatic heterocycles. The molecule has 134 valence electrons. The first kappa shape index (κ1) is 17.6. The lowest BCUT2D eigenvalue weighted by Gasteiger charge is -2.10. The first-order valence-corrected chi connectivity index (χ1v) is 9.65. The van der Waals surface area contributed by atoms with E-state index in [2.05, 4.69) is 15.3 Å². The van der Waals surface area contributed by atoms with Gasteiger partial charge in [-0.2, -0.15) is 0 Å². The molecule has 0 aliphatic rings. The molecular weight excluding hydrogens is 378 g/mol. The third-order valence-electron chi connectivity index (χ3n) is 4.23. The highest BCUT2D eigenvalue weighted by Gasteiger charge is 2.12. The third kappa shape index (κ3) is 3.84. The molecular formula is C21H16ClN3OS. The molecule has 1 N–H and O–H groups in total. The van der Waals surface area contributed by atoms with Gasteiger partial charge in [0.1, 0.15) is 15.4 Å². The van der Waals surface area contributed by atoms with Gasteiger partial charge in [-0.05, 0) is 42.3 Å². The van der Waals surface area contributed by atoms with Crippen LogP contribution in [-0.2, 0) is 11.2 Å². The molecule has 0 bridgehead atoms. The summed E-state index contributed by atoms with van der Waals surface area (Å²) >= 11 is 7.69. The second-order valence-electron chi connectivity index (χ2n) is 6.19. The Morgan fingerprint density at radius 2 is 2.00 bits per heavy atom. The summed E-state index contributed by atoms with van der Waals surface area (Å²) in [6.07, 6.45) is 1.99. The number of pyridine rings is 1. The number of nitrogens with zero attached hydrogens (tertiary/aromatic N) is 2. The number of carbonyl (C=O) groups excluding carboxylic acids is 1. The average molecular weight is 394 g/mol. The van der Waals surface area contributed by atoms with E-state index < -0.39 is 0 Å². The first-order valence-electron chi connectivity index (χ1n) is 8.46. The highest BCUT2D eigenvalue weighted by molar-refractivity contribution is 7.21. The molecule has 4 rings (SSSR count). The zero-order valence-electron chi connectivity index (χ0n) is 14.6. The number of hydrogen-bond acceptors (Lipinski definition) is 4. The van der Waals surface area contributed by atoms with Crippen LogP contribution in [0, 0.1) is 6.92 Å². The second-order valence-corrected chi connectivity index (χ2v) is 7.58. The normalized spacial score (nSPS) is 10.9. The van der Waals surface area contributed by atoms with Crippen molar-refractivity contribution >= 4 is 44.9 Å². The summed E-state index contributed by atoms with van der Waals surface area (Å²) in [7, 11) is 0. The molecule has 0 atom stereocenters. The van der Waals surface area contributed by atoms with E-state index in [1.54, 1.807) is 12.3 Å². The Bertz CT molecular complexity index is 1110. The zero-order chi connectivity index (χ0) is 18.8. The largest absolute Gasteiger partial charge is 0.326 e. The predicted octanol–water partition coefficient (Wildman–Crippen LogP) is 5.50. The van der Waals surface area contributed by atoms with Gasteiger partial charge in [-0.3, -0.25) is 4.79 Å². The Balaban J connectivity index is 1.59. The molecule has 4 nitrogen and oxygen atoms in total. The maximum absolute atomic E-state index is 12.5. The van der Waals surface area contributed by atoms with Crippen LogP contribution in [0.1, 0.15) is 11.1 Å². The number of carbonyl (C=O) groups is 1. The number of aromatic nitrogens is 2. The van der Waals surface area contributed by atoms with E-state index in [0.717, 1.165) is 37.7 Å². The minimum atomic E-state index is -0.102. The van der Waals surface area contributed by atoms with E-state index in [1.165, 1.54) is 11.3 Å². The van der Waals surface area contributed by atoms with Crippen LogP contribution >= 0.6 is 22.9 Å². The van der Waals surface area contributed by atoms with Crippen LogP contribution in [0.15, 0.2) is 60.8 Å². The number of fused-ring (bicyclic) bond motifs is 1. The maximum Gasteiger partial charge on any atom is 0.228 e. The molecule has 0 radical (unpaired) electrons. The Morgan fingerprint density at radius 1 is 1.15 bits per heavy atom. The van der Waals surface area contributed by atoms with Crippen LogP contribution in [0.5, 0.6) is 0 Å². The summed E-state index contributed by atoms with van der Waals surface area (Å²) in [6.45, 7) is 1.97. The van der Waals surface area contributed by atoms with Crippen molar-refractivity contribution in [3.8, 4) is 10.6 Å². The minimum Gasteiger partial charge on any atom is -0.326 e. The van der Waals surface area contributed by atoms with Crippen molar-refractivity contribution in [2.75, 3.05) is 5.32 Å². The van der Waals surface area contributed by atoms with Crippen molar-refractivity contribution in [1.29, 1.82) is 0 Å². The van der Waals surface area contributed by atoms with Gasteiger partial charge in [-0.1, -0.05) is 53.3 Å². The molecule has 1 amide bonds. The number of rotatable bonds is 4. The number of aryl methyl sites for hydroxylation is 1. The van der Waals surface area contributed by atoms with Crippen LogP contribution in [0.25, 0.3) is 20.9 Å². The van der Waals surface area contributed by atoms with E-state index in [0.29, 0.717) is 5.02 Å². The highest BCUT2D eigenvalue weighted by atomic mass is 35.5. The number of nitrogens with one attached hydrogen (secondary N) is 1. The zero-order valence-corrected chi connectivity index (χ0v) is 16.1. The van der Waals surface area contributed by atoms with E-state index in [4.69, 9.17) is 11.6 Å². The van der Waals surface area contributed by atoms with Gasteiger partial charge in [0.2, 0.25) is 5.91 Å². The first-order chi connectivity index (χ1) is 13.1. The highest BCUT2D eigenvalue weighted by Crippen LogP contribution is 2.31. The molecule has 4 aromatic rings. The molecule has 27 heavy (non-hydrogen) atoms. The lowest BCUT2D eigenvalue weighted by Crippen LogP contribution is -2.15. The van der Waals surface area contributed by atoms with Crippen molar-refractivity contribution in [2.45, 2.75) is 13.3 Å². The summed E-state index contributed by atoms with van der Waals surface area (Å²) in [5, 5.41) is 4.47. The van der Waals surface area contributed by atoms with Gasteiger partial charge in [-0.25, -0.2) is 9.97 Å². The minimum absolute atomic E-state index is 0.102. The Morgan fingerprint density at radius 3 is 2.81 bits per heavy atom. The quantitative estimate of drug-likeness (QED) is 0.498. The molecule has 0 fully saturated rings. The van der Waals surface area contributed by atoms with Crippen LogP contribution < -0.4 is 5.32 Å². The van der Waals surface area contributed by atoms with Gasteiger partial charge in [0.05, 0.1) is 6.42 Å². The molecule has 2 aromatic carbocycles. The van der Waals surface area contributed by atoms with Crippen LogP contribution in [0.3, 0.4) is 0 Å². The maximum atomic E-state index is 12.5. The van der Waals surface area contributed by atoms with E-state index in [1.807, 2.05) is 55.5 Å². The molecule has 2 heterocycles. The van der Waals surface area contributed by atoms with Gasteiger partial charge in [0, 0.05) is 22.5 Å². The smallest absolute Gasteiger partial charge is 0.228 e. The number of amides is 1. The van der Waals surface area contributed by atoms with Crippen molar-refractivity contribution in [1.82, 2.24) is 9.97 Å². The lowest BCUT2D eigenvalue weighted by molar-refractivity contribution is -0.115. The van der Waals surface area contributed by atoms with Crippen LogP contribution in [0.2, 0.25) is 5.02 Å². The fourth-order valence-corrected chi connectivity index (χ4v) is 3.90. The summed E-state index contributed by atoms with van der Waals surface area (Å²) < 4.78 is 0. The lowest BCUT2D eigenvalue weighted by atomic mass is 10.1. The topological polar surface area (TPSA) is 54.9 Å². The fraction of sp³-hybridized carbons (Fsp3) is 0.0952. The molecule has 0 spiro atoms. The number of benzene rings is 2. The fourth-order valence-electron chi connectivity index (χ4n) is 2.79. The molecule has 6 heteroatoms. The molecule has 0 saturated heterocycles. The van der Waals surface area contributed by atoms with Crippen molar-refractivity contribution < 1.29 is 4.79 Å². The summed E-state index contributed by atoms with van der Waals surface area (Å²) in [5.74, 6) is -0.102. The second kappa shape index (κ2) is 7.47. The molecule has 2 aromatic heterocycles. The summed E-state index contributed by atoms with van der Waals surface area (Å²) in [6, 6.07) is 17.2. The van der Waals surface area contributed by atoms with Gasteiger partial charge in [-0.15, -0.1) is 0 Å². The van der Waals surface area contributed by atoms with Crippen LogP contribution in [0.4, 0.5) is 5.69 Å². The van der Waals surface area contributed by atoms with Gasteiger partial charge in [0.25, 0.3) is 0 Å². The van der Waals surface area contributed by atoms with Gasteiger partial charge < -0.3 is 5.32 Å². The number of hydrogen-bond donors (Lipinski definition) is 1. The molecule has 0 aliphatic carbocycles. The van der Waals surface area contributed by atoms with Gasteiger partial charge >= 0.3 is 0 Å². The number of halogens is 1. The SMILES string of the molecule is Cc1ccc(-c2nc3cccnc3s2)cc1NC(=O)Cc1ccccc1Cl. The van der Waals surface area contributed by atoms with Crippen molar-refractivity contribution in [3.63, 3.8) is 0 Å². The Hall–Kier alpha value is -2.76.